The number of methoxy groups -OCH3 is 1. The van der Waals surface area contributed by atoms with E-state index in [9.17, 15) is 0 Å². The Balaban J connectivity index is 3.09. The Morgan fingerprint density at radius 2 is 1.37 bits per heavy atom. The van der Waals surface area contributed by atoms with Crippen LogP contribution in [0.3, 0.4) is 0 Å². The topological polar surface area (TPSA) is 38.7 Å². The molecule has 0 aliphatic rings. The molecule has 0 aromatic carbocycles. The average Bonchev–Trinajstić information content (AvgIpc) is 2.43. The number of ether oxygens (including phenoxy) is 2. The summed E-state index contributed by atoms with van der Waals surface area (Å²) in [6.45, 7) is 3.53. The van der Waals surface area contributed by atoms with Gasteiger partial charge in [0.05, 0.1) is 13.2 Å². The van der Waals surface area contributed by atoms with Crippen molar-refractivity contribution in [1.82, 2.24) is 0 Å². The SMILES string of the molecule is CCCCCCCCCCCCOC(CO)COC. The van der Waals surface area contributed by atoms with Gasteiger partial charge in [-0.2, -0.15) is 0 Å². The van der Waals surface area contributed by atoms with E-state index in [-0.39, 0.29) is 12.7 Å². The van der Waals surface area contributed by atoms with Crippen molar-refractivity contribution in [2.24, 2.45) is 0 Å². The van der Waals surface area contributed by atoms with Gasteiger partial charge in [0.2, 0.25) is 0 Å². The van der Waals surface area contributed by atoms with E-state index >= 15 is 0 Å². The number of aliphatic hydroxyl groups is 1. The van der Waals surface area contributed by atoms with Gasteiger partial charge in [0.1, 0.15) is 6.10 Å². The number of hydrogen-bond acceptors (Lipinski definition) is 3. The second-order valence-electron chi connectivity index (χ2n) is 5.31. The summed E-state index contributed by atoms with van der Waals surface area (Å²) in [5.74, 6) is 0. The number of aliphatic hydroxyl groups excluding tert-OH is 1. The Labute approximate surface area is 119 Å². The Morgan fingerprint density at radius 3 is 1.84 bits per heavy atom. The number of hydrogen-bond donors (Lipinski definition) is 1. The molecular formula is C16H34O3. The van der Waals surface area contributed by atoms with E-state index in [0.717, 1.165) is 13.0 Å². The van der Waals surface area contributed by atoms with Crippen LogP contribution < -0.4 is 0 Å². The van der Waals surface area contributed by atoms with Gasteiger partial charge in [0.25, 0.3) is 0 Å². The summed E-state index contributed by atoms with van der Waals surface area (Å²) in [6.07, 6.45) is 13.2. The first-order valence-corrected chi connectivity index (χ1v) is 8.06. The van der Waals surface area contributed by atoms with Crippen molar-refractivity contribution in [2.45, 2.75) is 77.2 Å². The monoisotopic (exact) mass is 274 g/mol. The summed E-state index contributed by atoms with van der Waals surface area (Å²) >= 11 is 0. The first-order chi connectivity index (χ1) is 9.35. The highest BCUT2D eigenvalue weighted by molar-refractivity contribution is 4.53. The predicted molar refractivity (Wildman–Crippen MR) is 80.5 cm³/mol. The smallest absolute Gasteiger partial charge is 0.104 e. The quantitative estimate of drug-likeness (QED) is 0.460. The van der Waals surface area contributed by atoms with Crippen LogP contribution in [0.1, 0.15) is 71.1 Å². The fourth-order valence-corrected chi connectivity index (χ4v) is 2.18. The highest BCUT2D eigenvalue weighted by Gasteiger charge is 2.05. The first kappa shape index (κ1) is 18.9. The number of unbranched alkanes of at least 4 members (excludes halogenated alkanes) is 9. The molecule has 1 N–H and O–H groups in total. The van der Waals surface area contributed by atoms with Crippen molar-refractivity contribution in [1.29, 1.82) is 0 Å². The standard InChI is InChI=1S/C16H34O3/c1-3-4-5-6-7-8-9-10-11-12-13-19-16(14-17)15-18-2/h16-17H,3-15H2,1-2H3. The van der Waals surface area contributed by atoms with Crippen LogP contribution in [0.15, 0.2) is 0 Å². The van der Waals surface area contributed by atoms with Gasteiger partial charge in [-0.3, -0.25) is 0 Å². The van der Waals surface area contributed by atoms with Crippen molar-refractivity contribution in [2.75, 3.05) is 26.9 Å². The minimum absolute atomic E-state index is 0.0472. The Morgan fingerprint density at radius 1 is 0.842 bits per heavy atom. The second-order valence-corrected chi connectivity index (χ2v) is 5.31. The molecule has 19 heavy (non-hydrogen) atoms. The van der Waals surface area contributed by atoms with Gasteiger partial charge in [-0.25, -0.2) is 0 Å². The Bertz CT molecular complexity index is 162. The molecule has 3 nitrogen and oxygen atoms in total. The van der Waals surface area contributed by atoms with Crippen LogP contribution in [-0.2, 0) is 9.47 Å². The molecule has 0 heterocycles. The summed E-state index contributed by atoms with van der Waals surface area (Å²) in [5, 5.41) is 9.01. The molecule has 0 saturated heterocycles. The highest BCUT2D eigenvalue weighted by atomic mass is 16.5. The van der Waals surface area contributed by atoms with Crippen molar-refractivity contribution in [3.05, 3.63) is 0 Å². The van der Waals surface area contributed by atoms with Gasteiger partial charge < -0.3 is 14.6 Å². The van der Waals surface area contributed by atoms with E-state index in [1.165, 1.54) is 57.8 Å². The highest BCUT2D eigenvalue weighted by Crippen LogP contribution is 2.10. The lowest BCUT2D eigenvalue weighted by Gasteiger charge is -2.14. The Kier molecular flexibility index (Phi) is 15.8. The predicted octanol–water partition coefficient (Wildman–Crippen LogP) is 3.93. The van der Waals surface area contributed by atoms with Crippen LogP contribution in [0.5, 0.6) is 0 Å². The van der Waals surface area contributed by atoms with E-state index in [1.54, 1.807) is 7.11 Å². The van der Waals surface area contributed by atoms with E-state index in [0.29, 0.717) is 6.61 Å². The summed E-state index contributed by atoms with van der Waals surface area (Å²) in [4.78, 5) is 0. The first-order valence-electron chi connectivity index (χ1n) is 8.06. The van der Waals surface area contributed by atoms with Crippen LogP contribution >= 0.6 is 0 Å². The zero-order valence-electron chi connectivity index (χ0n) is 13.0. The molecule has 0 rings (SSSR count). The van der Waals surface area contributed by atoms with E-state index in [1.807, 2.05) is 0 Å². The van der Waals surface area contributed by atoms with Crippen molar-refractivity contribution in [3.8, 4) is 0 Å². The zero-order chi connectivity index (χ0) is 14.2. The lowest BCUT2D eigenvalue weighted by atomic mass is 10.1. The molecule has 0 aromatic rings. The molecule has 116 valence electrons. The van der Waals surface area contributed by atoms with E-state index < -0.39 is 0 Å². The van der Waals surface area contributed by atoms with Crippen molar-refractivity contribution >= 4 is 0 Å². The third kappa shape index (κ3) is 14.1. The molecule has 0 fully saturated rings. The molecule has 3 heteroatoms. The lowest BCUT2D eigenvalue weighted by Crippen LogP contribution is -2.23. The maximum absolute atomic E-state index is 9.01. The van der Waals surface area contributed by atoms with Gasteiger partial charge in [-0.05, 0) is 6.42 Å². The van der Waals surface area contributed by atoms with Gasteiger partial charge in [0, 0.05) is 13.7 Å². The van der Waals surface area contributed by atoms with Gasteiger partial charge in [-0.15, -0.1) is 0 Å². The lowest BCUT2D eigenvalue weighted by molar-refractivity contribution is -0.0321. The van der Waals surface area contributed by atoms with E-state index in [4.69, 9.17) is 14.6 Å². The summed E-state index contributed by atoms with van der Waals surface area (Å²) in [5.41, 5.74) is 0. The molecule has 0 saturated carbocycles. The minimum atomic E-state index is -0.149. The normalized spacial score (nSPS) is 12.8. The maximum atomic E-state index is 9.01. The van der Waals surface area contributed by atoms with Crippen molar-refractivity contribution < 1.29 is 14.6 Å². The second kappa shape index (κ2) is 15.9. The van der Waals surface area contributed by atoms with Crippen molar-refractivity contribution in [3.63, 3.8) is 0 Å². The van der Waals surface area contributed by atoms with Gasteiger partial charge in [0.15, 0.2) is 0 Å². The molecule has 0 bridgehead atoms. The molecule has 0 amide bonds. The molecule has 0 spiro atoms. The van der Waals surface area contributed by atoms with Gasteiger partial charge >= 0.3 is 0 Å². The molecule has 0 aromatic heterocycles. The summed E-state index contributed by atoms with van der Waals surface area (Å²) < 4.78 is 10.5. The zero-order valence-corrected chi connectivity index (χ0v) is 13.0. The summed E-state index contributed by atoms with van der Waals surface area (Å²) in [6, 6.07) is 0. The molecule has 0 radical (unpaired) electrons. The van der Waals surface area contributed by atoms with E-state index in [2.05, 4.69) is 6.92 Å². The van der Waals surface area contributed by atoms with Crippen LogP contribution in [-0.4, -0.2) is 38.1 Å². The minimum Gasteiger partial charge on any atom is -0.394 e. The largest absolute Gasteiger partial charge is 0.394 e. The summed E-state index contributed by atoms with van der Waals surface area (Å²) in [7, 11) is 1.63. The molecule has 1 atom stereocenters. The molecule has 0 aliphatic heterocycles. The molecular weight excluding hydrogens is 240 g/mol. The third-order valence-corrected chi connectivity index (χ3v) is 3.41. The van der Waals surface area contributed by atoms with Crippen LogP contribution in [0.4, 0.5) is 0 Å². The van der Waals surface area contributed by atoms with Crippen LogP contribution in [0.25, 0.3) is 0 Å². The average molecular weight is 274 g/mol. The fourth-order valence-electron chi connectivity index (χ4n) is 2.18. The molecule has 1 unspecified atom stereocenters. The maximum Gasteiger partial charge on any atom is 0.104 e. The number of rotatable bonds is 15. The van der Waals surface area contributed by atoms with Gasteiger partial charge in [-0.1, -0.05) is 64.7 Å². The Hall–Kier alpha value is -0.120. The fraction of sp³-hybridized carbons (Fsp3) is 1.00. The van der Waals surface area contributed by atoms with Crippen LogP contribution in [0, 0.1) is 0 Å². The molecule has 0 aliphatic carbocycles. The third-order valence-electron chi connectivity index (χ3n) is 3.41. The van der Waals surface area contributed by atoms with Crippen LogP contribution in [0.2, 0.25) is 0 Å².